The molecular weight excluding hydrogens is 306 g/mol. The molecule has 0 aromatic heterocycles. The zero-order chi connectivity index (χ0) is 17.1. The van der Waals surface area contributed by atoms with E-state index in [4.69, 9.17) is 0 Å². The van der Waals surface area contributed by atoms with Gasteiger partial charge in [0, 0.05) is 18.5 Å². The molecule has 0 aliphatic rings. The molecule has 0 spiro atoms. The summed E-state index contributed by atoms with van der Waals surface area (Å²) in [5.74, 6) is 0. The number of hydrogen-bond donors (Lipinski definition) is 0. The van der Waals surface area contributed by atoms with Crippen LogP contribution < -0.4 is 0 Å². The Morgan fingerprint density at radius 2 is 1.61 bits per heavy atom. The van der Waals surface area contributed by atoms with E-state index in [9.17, 15) is 8.42 Å². The summed E-state index contributed by atoms with van der Waals surface area (Å²) in [5, 5.41) is 1.76. The van der Waals surface area contributed by atoms with Crippen LogP contribution in [-0.2, 0) is 10.0 Å². The highest BCUT2D eigenvalue weighted by Gasteiger charge is 2.26. The third kappa shape index (κ3) is 4.33. The van der Waals surface area contributed by atoms with Crippen molar-refractivity contribution in [1.29, 1.82) is 0 Å². The van der Waals surface area contributed by atoms with Crippen molar-refractivity contribution in [3.8, 4) is 0 Å². The smallest absolute Gasteiger partial charge is 0.207 e. The van der Waals surface area contributed by atoms with E-state index in [-0.39, 0.29) is 5.41 Å². The van der Waals surface area contributed by atoms with Crippen LogP contribution in [0.4, 0.5) is 0 Å². The van der Waals surface area contributed by atoms with Gasteiger partial charge in [-0.05, 0) is 29.7 Å². The third-order valence-electron chi connectivity index (χ3n) is 3.95. The minimum Gasteiger partial charge on any atom is -0.207 e. The average Bonchev–Trinajstić information content (AvgIpc) is 2.49. The highest BCUT2D eigenvalue weighted by atomic mass is 32.2. The number of fused-ring (bicyclic) bond motifs is 1. The molecule has 126 valence electrons. The Balaban J connectivity index is 2.43. The van der Waals surface area contributed by atoms with E-state index in [1.54, 1.807) is 10.4 Å². The molecule has 0 heterocycles. The molecule has 4 heteroatoms. The lowest BCUT2D eigenvalue weighted by Gasteiger charge is -2.26. The maximum Gasteiger partial charge on any atom is 0.243 e. The van der Waals surface area contributed by atoms with Crippen LogP contribution in [0.2, 0.25) is 0 Å². The van der Waals surface area contributed by atoms with Crippen LogP contribution in [-0.4, -0.2) is 25.8 Å². The lowest BCUT2D eigenvalue weighted by Crippen LogP contribution is -2.34. The lowest BCUT2D eigenvalue weighted by atomic mass is 9.92. The number of rotatable bonds is 6. The summed E-state index contributed by atoms with van der Waals surface area (Å²) in [4.78, 5) is 0.415. The Morgan fingerprint density at radius 1 is 0.957 bits per heavy atom. The largest absolute Gasteiger partial charge is 0.243 e. The Bertz CT molecular complexity index is 755. The first-order chi connectivity index (χ1) is 10.8. The van der Waals surface area contributed by atoms with Crippen molar-refractivity contribution >= 4 is 20.8 Å². The van der Waals surface area contributed by atoms with Gasteiger partial charge in [0.2, 0.25) is 10.0 Å². The summed E-state index contributed by atoms with van der Waals surface area (Å²) in [7, 11) is -3.48. The second kappa shape index (κ2) is 7.02. The molecule has 3 nitrogen and oxygen atoms in total. The summed E-state index contributed by atoms with van der Waals surface area (Å²) in [6, 6.07) is 13.2. The summed E-state index contributed by atoms with van der Waals surface area (Å²) in [6.45, 7) is 9.55. The standard InChI is InChI=1S/C19H27NO2S/c1-5-14-20(15-13-19(2,3)4)23(21,22)18-12-8-10-16-9-6-7-11-17(16)18/h6-12H,5,13-15H2,1-4H3. The van der Waals surface area contributed by atoms with Gasteiger partial charge in [-0.25, -0.2) is 8.42 Å². The van der Waals surface area contributed by atoms with Crippen LogP contribution in [0.3, 0.4) is 0 Å². The SMILES string of the molecule is CCCN(CCC(C)(C)C)S(=O)(=O)c1cccc2ccccc12. The summed E-state index contributed by atoms with van der Waals surface area (Å²) in [5.41, 5.74) is 0.111. The molecule has 0 aliphatic heterocycles. The van der Waals surface area contributed by atoms with Gasteiger partial charge in [-0.15, -0.1) is 0 Å². The van der Waals surface area contributed by atoms with E-state index in [0.717, 1.165) is 23.6 Å². The zero-order valence-corrected chi connectivity index (χ0v) is 15.4. The molecule has 2 aromatic rings. The first kappa shape index (κ1) is 18.0. The minimum absolute atomic E-state index is 0.111. The molecule has 2 rings (SSSR count). The lowest BCUT2D eigenvalue weighted by molar-refractivity contribution is 0.310. The maximum absolute atomic E-state index is 13.2. The first-order valence-corrected chi connectivity index (χ1v) is 9.67. The zero-order valence-electron chi connectivity index (χ0n) is 14.5. The van der Waals surface area contributed by atoms with Crippen molar-refractivity contribution in [2.45, 2.75) is 45.4 Å². The molecule has 23 heavy (non-hydrogen) atoms. The molecule has 0 saturated heterocycles. The van der Waals surface area contributed by atoms with Crippen LogP contribution in [0.5, 0.6) is 0 Å². The van der Waals surface area contributed by atoms with Gasteiger partial charge in [-0.1, -0.05) is 64.1 Å². The molecule has 0 N–H and O–H groups in total. The molecule has 0 radical (unpaired) electrons. The Labute approximate surface area is 140 Å². The molecule has 0 amide bonds. The fourth-order valence-electron chi connectivity index (χ4n) is 2.62. The van der Waals surface area contributed by atoms with Crippen molar-refractivity contribution in [2.75, 3.05) is 13.1 Å². The van der Waals surface area contributed by atoms with Gasteiger partial charge in [0.25, 0.3) is 0 Å². The third-order valence-corrected chi connectivity index (χ3v) is 5.91. The summed E-state index contributed by atoms with van der Waals surface area (Å²) >= 11 is 0. The van der Waals surface area contributed by atoms with E-state index in [1.165, 1.54) is 0 Å². The van der Waals surface area contributed by atoms with Gasteiger partial charge in [-0.3, -0.25) is 0 Å². The molecular formula is C19H27NO2S. The van der Waals surface area contributed by atoms with E-state index < -0.39 is 10.0 Å². The van der Waals surface area contributed by atoms with Gasteiger partial charge < -0.3 is 0 Å². The Hall–Kier alpha value is -1.39. The number of sulfonamides is 1. The van der Waals surface area contributed by atoms with Crippen LogP contribution in [0, 0.1) is 5.41 Å². The summed E-state index contributed by atoms with van der Waals surface area (Å²) < 4.78 is 28.0. The van der Waals surface area contributed by atoms with Crippen LogP contribution in [0.25, 0.3) is 10.8 Å². The fraction of sp³-hybridized carbons (Fsp3) is 0.474. The van der Waals surface area contributed by atoms with E-state index >= 15 is 0 Å². The molecule has 0 fully saturated rings. The number of hydrogen-bond acceptors (Lipinski definition) is 2. The van der Waals surface area contributed by atoms with E-state index in [1.807, 2.05) is 43.3 Å². The normalized spacial score (nSPS) is 12.9. The topological polar surface area (TPSA) is 37.4 Å². The van der Waals surface area contributed by atoms with Gasteiger partial charge in [0.15, 0.2) is 0 Å². The molecule has 0 bridgehead atoms. The average molecular weight is 333 g/mol. The molecule has 0 saturated carbocycles. The van der Waals surface area contributed by atoms with Crippen LogP contribution in [0.15, 0.2) is 47.4 Å². The first-order valence-electron chi connectivity index (χ1n) is 8.23. The number of nitrogens with zero attached hydrogens (tertiary/aromatic N) is 1. The minimum atomic E-state index is -3.48. The molecule has 0 aliphatic carbocycles. The predicted molar refractivity (Wildman–Crippen MR) is 97.1 cm³/mol. The van der Waals surface area contributed by atoms with Crippen LogP contribution >= 0.6 is 0 Å². The van der Waals surface area contributed by atoms with Crippen molar-refractivity contribution in [3.05, 3.63) is 42.5 Å². The van der Waals surface area contributed by atoms with Crippen LogP contribution in [0.1, 0.15) is 40.5 Å². The quantitative estimate of drug-likeness (QED) is 0.770. The highest BCUT2D eigenvalue weighted by molar-refractivity contribution is 7.89. The maximum atomic E-state index is 13.2. The van der Waals surface area contributed by atoms with E-state index in [0.29, 0.717) is 18.0 Å². The van der Waals surface area contributed by atoms with Crippen molar-refractivity contribution in [3.63, 3.8) is 0 Å². The Morgan fingerprint density at radius 3 is 2.26 bits per heavy atom. The second-order valence-electron chi connectivity index (χ2n) is 7.19. The highest BCUT2D eigenvalue weighted by Crippen LogP contribution is 2.27. The van der Waals surface area contributed by atoms with Crippen molar-refractivity contribution < 1.29 is 8.42 Å². The van der Waals surface area contributed by atoms with Gasteiger partial charge >= 0.3 is 0 Å². The monoisotopic (exact) mass is 333 g/mol. The Kier molecular flexibility index (Phi) is 5.48. The van der Waals surface area contributed by atoms with Gasteiger partial charge in [0.05, 0.1) is 4.90 Å². The molecule has 0 atom stereocenters. The predicted octanol–water partition coefficient (Wildman–Crippen LogP) is 4.68. The van der Waals surface area contributed by atoms with E-state index in [2.05, 4.69) is 20.8 Å². The van der Waals surface area contributed by atoms with Crippen molar-refractivity contribution in [1.82, 2.24) is 4.31 Å². The van der Waals surface area contributed by atoms with Crippen molar-refractivity contribution in [2.24, 2.45) is 5.41 Å². The fourth-order valence-corrected chi connectivity index (χ4v) is 4.37. The molecule has 2 aromatic carbocycles. The van der Waals surface area contributed by atoms with Gasteiger partial charge in [-0.2, -0.15) is 4.31 Å². The summed E-state index contributed by atoms with van der Waals surface area (Å²) in [6.07, 6.45) is 1.66. The second-order valence-corrected chi connectivity index (χ2v) is 9.10. The molecule has 0 unspecified atom stereocenters. The van der Waals surface area contributed by atoms with Gasteiger partial charge in [0.1, 0.15) is 0 Å². The number of benzene rings is 2.